The van der Waals surface area contributed by atoms with Crippen molar-refractivity contribution in [1.82, 2.24) is 19.7 Å². The minimum atomic E-state index is -0.0810. The second-order valence-corrected chi connectivity index (χ2v) is 6.32. The van der Waals surface area contributed by atoms with E-state index in [2.05, 4.69) is 15.1 Å². The molecule has 23 heavy (non-hydrogen) atoms. The van der Waals surface area contributed by atoms with Crippen molar-refractivity contribution < 1.29 is 0 Å². The number of rotatable bonds is 2. The van der Waals surface area contributed by atoms with Gasteiger partial charge in [0.15, 0.2) is 5.65 Å². The molecule has 1 aromatic carbocycles. The highest BCUT2D eigenvalue weighted by molar-refractivity contribution is 5.79. The lowest BCUT2D eigenvalue weighted by molar-refractivity contribution is 0.435. The molecule has 4 rings (SSSR count). The van der Waals surface area contributed by atoms with E-state index in [1.54, 1.807) is 4.68 Å². The molecule has 1 saturated carbocycles. The molecule has 0 radical (unpaired) electrons. The van der Waals surface area contributed by atoms with Crippen molar-refractivity contribution in [3.63, 3.8) is 0 Å². The highest BCUT2D eigenvalue weighted by Crippen LogP contribution is 2.34. The number of fused-ring (bicyclic) bond motifs is 1. The molecular formula is C18H20N4O. The lowest BCUT2D eigenvalue weighted by Crippen LogP contribution is -2.13. The van der Waals surface area contributed by atoms with Crippen LogP contribution in [0.5, 0.6) is 0 Å². The van der Waals surface area contributed by atoms with Crippen LogP contribution in [-0.4, -0.2) is 19.7 Å². The zero-order valence-electron chi connectivity index (χ0n) is 13.2. The van der Waals surface area contributed by atoms with Gasteiger partial charge in [0.2, 0.25) is 0 Å². The van der Waals surface area contributed by atoms with Gasteiger partial charge in [-0.1, -0.05) is 49.6 Å². The molecule has 0 amide bonds. The van der Waals surface area contributed by atoms with Crippen LogP contribution < -0.4 is 5.56 Å². The maximum atomic E-state index is 12.7. The van der Waals surface area contributed by atoms with E-state index in [0.29, 0.717) is 22.8 Å². The van der Waals surface area contributed by atoms with Crippen LogP contribution in [0.25, 0.3) is 22.4 Å². The standard InChI is InChI=1S/C18H20N4O/c1-22-17-14(15(21-22)12-8-4-2-5-9-12)18(23)20-16(19-17)13-10-6-3-7-11-13/h3,6-7,10-12H,2,4-5,8-9H2,1H3,(H,19,20,23). The largest absolute Gasteiger partial charge is 0.306 e. The molecule has 0 unspecified atom stereocenters. The Kier molecular flexibility index (Phi) is 3.48. The van der Waals surface area contributed by atoms with Gasteiger partial charge in [-0.3, -0.25) is 4.79 Å². The second-order valence-electron chi connectivity index (χ2n) is 6.32. The first-order valence-corrected chi connectivity index (χ1v) is 8.26. The quantitative estimate of drug-likeness (QED) is 0.789. The highest BCUT2D eigenvalue weighted by atomic mass is 16.1. The van der Waals surface area contributed by atoms with Crippen molar-refractivity contribution in [3.05, 3.63) is 46.4 Å². The van der Waals surface area contributed by atoms with Gasteiger partial charge in [-0.05, 0) is 12.8 Å². The van der Waals surface area contributed by atoms with Gasteiger partial charge in [0.25, 0.3) is 5.56 Å². The second kappa shape index (κ2) is 5.65. The van der Waals surface area contributed by atoms with Gasteiger partial charge in [0.1, 0.15) is 11.2 Å². The zero-order valence-corrected chi connectivity index (χ0v) is 13.2. The fourth-order valence-corrected chi connectivity index (χ4v) is 3.58. The summed E-state index contributed by atoms with van der Waals surface area (Å²) in [5.74, 6) is 0.985. The molecule has 0 saturated heterocycles. The van der Waals surface area contributed by atoms with Crippen molar-refractivity contribution in [1.29, 1.82) is 0 Å². The van der Waals surface area contributed by atoms with Crippen LogP contribution >= 0.6 is 0 Å². The van der Waals surface area contributed by atoms with Crippen molar-refractivity contribution in [2.75, 3.05) is 0 Å². The van der Waals surface area contributed by atoms with Gasteiger partial charge < -0.3 is 4.98 Å². The van der Waals surface area contributed by atoms with E-state index in [1.165, 1.54) is 19.3 Å². The summed E-state index contributed by atoms with van der Waals surface area (Å²) < 4.78 is 1.75. The molecule has 0 bridgehead atoms. The van der Waals surface area contributed by atoms with Gasteiger partial charge in [0.05, 0.1) is 5.69 Å². The van der Waals surface area contributed by atoms with Gasteiger partial charge in [0, 0.05) is 18.5 Å². The Morgan fingerprint density at radius 2 is 1.87 bits per heavy atom. The van der Waals surface area contributed by atoms with Crippen molar-refractivity contribution in [2.24, 2.45) is 7.05 Å². The predicted molar refractivity (Wildman–Crippen MR) is 90.4 cm³/mol. The van der Waals surface area contributed by atoms with E-state index in [9.17, 15) is 4.79 Å². The first-order chi connectivity index (χ1) is 11.2. The van der Waals surface area contributed by atoms with E-state index >= 15 is 0 Å². The third-order valence-corrected chi connectivity index (χ3v) is 4.76. The summed E-state index contributed by atoms with van der Waals surface area (Å²) in [4.78, 5) is 20.3. The Balaban J connectivity index is 1.88. The molecule has 118 valence electrons. The van der Waals surface area contributed by atoms with E-state index in [-0.39, 0.29) is 5.56 Å². The fourth-order valence-electron chi connectivity index (χ4n) is 3.58. The first-order valence-electron chi connectivity index (χ1n) is 8.26. The Morgan fingerprint density at radius 1 is 1.13 bits per heavy atom. The number of H-pyrrole nitrogens is 1. The van der Waals surface area contributed by atoms with E-state index in [0.717, 1.165) is 24.1 Å². The van der Waals surface area contributed by atoms with Crippen LogP contribution in [0.15, 0.2) is 35.1 Å². The number of nitrogens with one attached hydrogen (secondary N) is 1. The summed E-state index contributed by atoms with van der Waals surface area (Å²) >= 11 is 0. The number of benzene rings is 1. The number of hydrogen-bond acceptors (Lipinski definition) is 3. The Hall–Kier alpha value is -2.43. The molecule has 0 aliphatic heterocycles. The van der Waals surface area contributed by atoms with Crippen LogP contribution in [0.1, 0.15) is 43.7 Å². The third kappa shape index (κ3) is 2.46. The lowest BCUT2D eigenvalue weighted by Gasteiger charge is -2.19. The molecule has 2 aromatic heterocycles. The van der Waals surface area contributed by atoms with Crippen molar-refractivity contribution in [3.8, 4) is 11.4 Å². The van der Waals surface area contributed by atoms with Crippen LogP contribution in [-0.2, 0) is 7.05 Å². The van der Waals surface area contributed by atoms with Gasteiger partial charge >= 0.3 is 0 Å². The average molecular weight is 308 g/mol. The number of hydrogen-bond donors (Lipinski definition) is 1. The first kappa shape index (κ1) is 14.2. The van der Waals surface area contributed by atoms with Crippen molar-refractivity contribution >= 4 is 11.0 Å². The summed E-state index contributed by atoms with van der Waals surface area (Å²) in [6.45, 7) is 0. The number of aryl methyl sites for hydroxylation is 1. The fraction of sp³-hybridized carbons (Fsp3) is 0.389. The monoisotopic (exact) mass is 308 g/mol. The van der Waals surface area contributed by atoms with E-state index in [4.69, 9.17) is 0 Å². The Morgan fingerprint density at radius 3 is 2.61 bits per heavy atom. The summed E-state index contributed by atoms with van der Waals surface area (Å²) in [6, 6.07) is 9.73. The number of aromatic nitrogens is 4. The Labute approximate surface area is 134 Å². The molecule has 2 heterocycles. The minimum absolute atomic E-state index is 0.0810. The average Bonchev–Trinajstić information content (AvgIpc) is 2.94. The van der Waals surface area contributed by atoms with Crippen LogP contribution in [0, 0.1) is 0 Å². The van der Waals surface area contributed by atoms with E-state index in [1.807, 2.05) is 37.4 Å². The topological polar surface area (TPSA) is 63.6 Å². The zero-order chi connectivity index (χ0) is 15.8. The normalized spacial score (nSPS) is 16.0. The van der Waals surface area contributed by atoms with Crippen LogP contribution in [0.4, 0.5) is 0 Å². The molecule has 5 nitrogen and oxygen atoms in total. The molecule has 1 aliphatic carbocycles. The van der Waals surface area contributed by atoms with Crippen LogP contribution in [0.3, 0.4) is 0 Å². The molecule has 0 spiro atoms. The summed E-state index contributed by atoms with van der Waals surface area (Å²) in [5.41, 5.74) is 2.43. The molecule has 3 aromatic rings. The van der Waals surface area contributed by atoms with Crippen molar-refractivity contribution in [2.45, 2.75) is 38.0 Å². The summed E-state index contributed by atoms with van der Waals surface area (Å²) in [6.07, 6.45) is 5.96. The molecular weight excluding hydrogens is 288 g/mol. The molecule has 1 N–H and O–H groups in total. The molecule has 0 atom stereocenters. The number of aromatic amines is 1. The maximum Gasteiger partial charge on any atom is 0.262 e. The summed E-state index contributed by atoms with van der Waals surface area (Å²) in [7, 11) is 1.87. The van der Waals surface area contributed by atoms with E-state index < -0.39 is 0 Å². The molecule has 1 aliphatic rings. The molecule has 1 fully saturated rings. The highest BCUT2D eigenvalue weighted by Gasteiger charge is 2.24. The Bertz CT molecular complexity index is 889. The predicted octanol–water partition coefficient (Wildman–Crippen LogP) is 3.37. The van der Waals surface area contributed by atoms with Gasteiger partial charge in [-0.25, -0.2) is 9.67 Å². The smallest absolute Gasteiger partial charge is 0.262 e. The van der Waals surface area contributed by atoms with Gasteiger partial charge in [-0.15, -0.1) is 0 Å². The van der Waals surface area contributed by atoms with Crippen LogP contribution in [0.2, 0.25) is 0 Å². The van der Waals surface area contributed by atoms with Gasteiger partial charge in [-0.2, -0.15) is 5.10 Å². The summed E-state index contributed by atoms with van der Waals surface area (Å²) in [5, 5.41) is 5.31. The maximum absolute atomic E-state index is 12.7. The SMILES string of the molecule is Cn1nc(C2CCCCC2)c2c(=O)[nH]c(-c3ccccc3)nc21. The minimum Gasteiger partial charge on any atom is -0.306 e. The third-order valence-electron chi connectivity index (χ3n) is 4.76. The number of nitrogens with zero attached hydrogens (tertiary/aromatic N) is 3. The lowest BCUT2D eigenvalue weighted by atomic mass is 9.86. The molecule has 5 heteroatoms.